The van der Waals surface area contributed by atoms with Gasteiger partial charge in [0.15, 0.2) is 0 Å². The molecule has 0 atom stereocenters. The summed E-state index contributed by atoms with van der Waals surface area (Å²) in [5, 5.41) is 5.46. The second-order valence-corrected chi connectivity index (χ2v) is 7.21. The molecule has 2 amide bonds. The van der Waals surface area contributed by atoms with E-state index in [4.69, 9.17) is 4.74 Å². The summed E-state index contributed by atoms with van der Waals surface area (Å²) in [6.07, 6.45) is 0. The van der Waals surface area contributed by atoms with Crippen molar-refractivity contribution in [2.24, 2.45) is 0 Å². The van der Waals surface area contributed by atoms with Crippen molar-refractivity contribution in [3.05, 3.63) is 59.7 Å². The van der Waals surface area contributed by atoms with Gasteiger partial charge in [-0.25, -0.2) is 17.9 Å². The summed E-state index contributed by atoms with van der Waals surface area (Å²) in [4.78, 5) is 12.0. The summed E-state index contributed by atoms with van der Waals surface area (Å²) in [5.74, 6) is 0.499. The quantitative estimate of drug-likeness (QED) is 0.701. The maximum Gasteiger partial charge on any atom is 0.319 e. The summed E-state index contributed by atoms with van der Waals surface area (Å²) in [6.45, 7) is 0.319. The van der Waals surface area contributed by atoms with Gasteiger partial charge in [-0.2, -0.15) is 0 Å². The molecule has 0 saturated heterocycles. The van der Waals surface area contributed by atoms with Crippen LogP contribution in [0.3, 0.4) is 0 Å². The Labute approximate surface area is 147 Å². The van der Waals surface area contributed by atoms with Crippen molar-refractivity contribution in [2.45, 2.75) is 12.3 Å². The Hall–Kier alpha value is -2.58. The van der Waals surface area contributed by atoms with Gasteiger partial charge in [-0.3, -0.25) is 0 Å². The lowest BCUT2D eigenvalue weighted by molar-refractivity contribution is 0.251. The van der Waals surface area contributed by atoms with Gasteiger partial charge in [0.2, 0.25) is 10.0 Å². The number of urea groups is 1. The molecule has 0 unspecified atom stereocenters. The standard InChI is InChI=1S/C17H21N3O4S/c1-18-25(22,23)12-14-9-7-13(8-10-14)11-19-17(21)20-15-5-3-4-6-16(15)24-2/h3-10,18H,11-12H2,1-2H3,(H2,19,20,21). The van der Waals surface area contributed by atoms with E-state index in [1.165, 1.54) is 14.2 Å². The Morgan fingerprint density at radius 2 is 1.68 bits per heavy atom. The van der Waals surface area contributed by atoms with E-state index in [-0.39, 0.29) is 11.8 Å². The summed E-state index contributed by atoms with van der Waals surface area (Å²) in [7, 11) is -0.375. The molecule has 2 aromatic carbocycles. The molecule has 0 bridgehead atoms. The highest BCUT2D eigenvalue weighted by molar-refractivity contribution is 7.88. The first-order chi connectivity index (χ1) is 11.9. The van der Waals surface area contributed by atoms with E-state index < -0.39 is 10.0 Å². The van der Waals surface area contributed by atoms with Gasteiger partial charge in [0, 0.05) is 6.54 Å². The van der Waals surface area contributed by atoms with E-state index >= 15 is 0 Å². The van der Waals surface area contributed by atoms with Crippen LogP contribution in [0.5, 0.6) is 5.75 Å². The van der Waals surface area contributed by atoms with Gasteiger partial charge in [0.05, 0.1) is 18.6 Å². The van der Waals surface area contributed by atoms with Crippen molar-refractivity contribution >= 4 is 21.7 Å². The SMILES string of the molecule is CNS(=O)(=O)Cc1ccc(CNC(=O)Nc2ccccc2OC)cc1. The van der Waals surface area contributed by atoms with Gasteiger partial charge in [-0.1, -0.05) is 36.4 Å². The van der Waals surface area contributed by atoms with Crippen molar-refractivity contribution in [1.29, 1.82) is 0 Å². The smallest absolute Gasteiger partial charge is 0.319 e. The number of methoxy groups -OCH3 is 1. The molecule has 0 heterocycles. The molecular weight excluding hydrogens is 342 g/mol. The van der Waals surface area contributed by atoms with Crippen LogP contribution < -0.4 is 20.1 Å². The third-order valence-electron chi connectivity index (χ3n) is 3.50. The minimum absolute atomic E-state index is 0.0779. The van der Waals surface area contributed by atoms with Crippen LogP contribution in [0.25, 0.3) is 0 Å². The molecule has 3 N–H and O–H groups in total. The van der Waals surface area contributed by atoms with E-state index in [1.54, 1.807) is 42.5 Å². The lowest BCUT2D eigenvalue weighted by Gasteiger charge is -2.11. The molecule has 0 spiro atoms. The Kier molecular flexibility index (Phi) is 6.37. The molecule has 0 aliphatic carbocycles. The zero-order valence-electron chi connectivity index (χ0n) is 14.1. The molecule has 0 saturated carbocycles. The predicted molar refractivity (Wildman–Crippen MR) is 97.0 cm³/mol. The fourth-order valence-corrected chi connectivity index (χ4v) is 2.92. The third kappa shape index (κ3) is 5.77. The maximum absolute atomic E-state index is 12.0. The minimum Gasteiger partial charge on any atom is -0.495 e. The van der Waals surface area contributed by atoms with Crippen LogP contribution in [-0.4, -0.2) is 28.6 Å². The molecule has 0 aromatic heterocycles. The van der Waals surface area contributed by atoms with Crippen LogP contribution in [0, 0.1) is 0 Å². The molecule has 0 aliphatic heterocycles. The molecule has 0 fully saturated rings. The fourth-order valence-electron chi connectivity index (χ4n) is 2.14. The maximum atomic E-state index is 12.0. The van der Waals surface area contributed by atoms with Gasteiger partial charge in [-0.05, 0) is 30.3 Å². The van der Waals surface area contributed by atoms with Gasteiger partial charge >= 0.3 is 6.03 Å². The van der Waals surface area contributed by atoms with E-state index in [2.05, 4.69) is 15.4 Å². The first-order valence-corrected chi connectivity index (χ1v) is 9.25. The number of carbonyl (C=O) groups is 1. The highest BCUT2D eigenvalue weighted by Gasteiger charge is 2.09. The van der Waals surface area contributed by atoms with Crippen LogP contribution >= 0.6 is 0 Å². The van der Waals surface area contributed by atoms with Gasteiger partial charge < -0.3 is 15.4 Å². The van der Waals surface area contributed by atoms with Gasteiger partial charge in [-0.15, -0.1) is 0 Å². The Balaban J connectivity index is 1.89. The number of sulfonamides is 1. The molecule has 2 rings (SSSR count). The Bertz CT molecular complexity index is 820. The fraction of sp³-hybridized carbons (Fsp3) is 0.235. The van der Waals surface area contributed by atoms with Crippen LogP contribution in [0.4, 0.5) is 10.5 Å². The minimum atomic E-state index is -3.29. The number of amides is 2. The average molecular weight is 363 g/mol. The van der Waals surface area contributed by atoms with Crippen molar-refractivity contribution < 1.29 is 17.9 Å². The number of carbonyl (C=O) groups excluding carboxylic acids is 1. The molecule has 8 heteroatoms. The monoisotopic (exact) mass is 363 g/mol. The molecular formula is C17H21N3O4S. The summed E-state index contributed by atoms with van der Waals surface area (Å²) in [6, 6.07) is 13.8. The van der Waals surface area contributed by atoms with Crippen LogP contribution in [0.2, 0.25) is 0 Å². The summed E-state index contributed by atoms with van der Waals surface area (Å²) >= 11 is 0. The van der Waals surface area contributed by atoms with E-state index in [9.17, 15) is 13.2 Å². The average Bonchev–Trinajstić information content (AvgIpc) is 2.61. The third-order valence-corrected chi connectivity index (χ3v) is 4.83. The van der Waals surface area contributed by atoms with E-state index in [1.807, 2.05) is 6.07 Å². The first-order valence-electron chi connectivity index (χ1n) is 7.60. The van der Waals surface area contributed by atoms with Gasteiger partial charge in [0.25, 0.3) is 0 Å². The zero-order chi connectivity index (χ0) is 18.3. The van der Waals surface area contributed by atoms with Crippen molar-refractivity contribution in [3.8, 4) is 5.75 Å². The second kappa shape index (κ2) is 8.50. The molecule has 0 radical (unpaired) electrons. The first kappa shape index (κ1) is 18.8. The number of anilines is 1. The largest absolute Gasteiger partial charge is 0.495 e. The highest BCUT2D eigenvalue weighted by atomic mass is 32.2. The number of benzene rings is 2. The number of hydrogen-bond acceptors (Lipinski definition) is 4. The second-order valence-electron chi connectivity index (χ2n) is 5.29. The van der Waals surface area contributed by atoms with Crippen LogP contribution in [0.1, 0.15) is 11.1 Å². The highest BCUT2D eigenvalue weighted by Crippen LogP contribution is 2.22. The lowest BCUT2D eigenvalue weighted by Crippen LogP contribution is -2.28. The molecule has 7 nitrogen and oxygen atoms in total. The van der Waals surface area contributed by atoms with Crippen molar-refractivity contribution in [1.82, 2.24) is 10.0 Å². The van der Waals surface area contributed by atoms with E-state index in [0.29, 0.717) is 23.5 Å². The molecule has 2 aromatic rings. The normalized spacial score (nSPS) is 11.0. The molecule has 25 heavy (non-hydrogen) atoms. The Morgan fingerprint density at radius 1 is 1.04 bits per heavy atom. The topological polar surface area (TPSA) is 96.5 Å². The summed E-state index contributed by atoms with van der Waals surface area (Å²) in [5.41, 5.74) is 2.12. The predicted octanol–water partition coefficient (Wildman–Crippen LogP) is 2.07. The van der Waals surface area contributed by atoms with Crippen LogP contribution in [-0.2, 0) is 22.3 Å². The van der Waals surface area contributed by atoms with E-state index in [0.717, 1.165) is 5.56 Å². The number of hydrogen-bond donors (Lipinski definition) is 3. The number of rotatable bonds is 7. The van der Waals surface area contributed by atoms with Gasteiger partial charge in [0.1, 0.15) is 5.75 Å². The molecule has 0 aliphatic rings. The lowest BCUT2D eigenvalue weighted by atomic mass is 10.1. The van der Waals surface area contributed by atoms with Crippen molar-refractivity contribution in [3.63, 3.8) is 0 Å². The van der Waals surface area contributed by atoms with Crippen molar-refractivity contribution in [2.75, 3.05) is 19.5 Å². The number of ether oxygens (including phenoxy) is 1. The van der Waals surface area contributed by atoms with Crippen LogP contribution in [0.15, 0.2) is 48.5 Å². The number of nitrogens with one attached hydrogen (secondary N) is 3. The number of para-hydroxylation sites is 2. The zero-order valence-corrected chi connectivity index (χ0v) is 14.9. The molecule has 134 valence electrons. The Morgan fingerprint density at radius 3 is 2.32 bits per heavy atom. The summed E-state index contributed by atoms with van der Waals surface area (Å²) < 4.78 is 30.5.